The van der Waals surface area contributed by atoms with Gasteiger partial charge in [0.1, 0.15) is 5.82 Å². The predicted octanol–water partition coefficient (Wildman–Crippen LogP) is 3.97. The minimum Gasteiger partial charge on any atom is -0.352 e. The molecule has 0 aliphatic carbocycles. The van der Waals surface area contributed by atoms with E-state index < -0.39 is 11.7 Å². The van der Waals surface area contributed by atoms with Crippen molar-refractivity contribution < 1.29 is 9.18 Å². The maximum absolute atomic E-state index is 13.5. The van der Waals surface area contributed by atoms with Gasteiger partial charge in [-0.15, -0.1) is 11.6 Å². The van der Waals surface area contributed by atoms with E-state index in [1.807, 2.05) is 0 Å². The molecule has 1 amide bonds. The highest BCUT2D eigenvalue weighted by Crippen LogP contribution is 2.19. The first-order valence-electron chi connectivity index (χ1n) is 5.84. The molecule has 0 aliphatic rings. The van der Waals surface area contributed by atoms with Gasteiger partial charge in [0.05, 0.1) is 5.56 Å². The summed E-state index contributed by atoms with van der Waals surface area (Å²) >= 11 is 8.86. The van der Waals surface area contributed by atoms with E-state index in [0.29, 0.717) is 22.8 Å². The standard InChI is InChI=1S/C13H16BrClFNO/c1-9(8-15)4-3-7-17-13(18)12-10(14)5-2-6-11(12)16/h2,5-6,9H,3-4,7-8H2,1H3,(H,17,18). The van der Waals surface area contributed by atoms with E-state index in [1.54, 1.807) is 12.1 Å². The number of benzene rings is 1. The third-order valence-electron chi connectivity index (χ3n) is 2.61. The first-order chi connectivity index (χ1) is 8.56. The first kappa shape index (κ1) is 15.4. The van der Waals surface area contributed by atoms with E-state index >= 15 is 0 Å². The number of hydrogen-bond acceptors (Lipinski definition) is 1. The molecular weight excluding hydrogens is 321 g/mol. The monoisotopic (exact) mass is 335 g/mol. The minimum atomic E-state index is -0.518. The van der Waals surface area contributed by atoms with Crippen LogP contribution in [0.3, 0.4) is 0 Å². The molecule has 2 nitrogen and oxygen atoms in total. The molecular formula is C13H16BrClFNO. The van der Waals surface area contributed by atoms with Crippen molar-refractivity contribution in [2.75, 3.05) is 12.4 Å². The Labute approximate surface area is 120 Å². The van der Waals surface area contributed by atoms with Crippen molar-refractivity contribution in [3.05, 3.63) is 34.1 Å². The van der Waals surface area contributed by atoms with Gasteiger partial charge in [-0.1, -0.05) is 13.0 Å². The molecule has 18 heavy (non-hydrogen) atoms. The molecule has 1 unspecified atom stereocenters. The second-order valence-electron chi connectivity index (χ2n) is 4.25. The Morgan fingerprint density at radius 3 is 2.89 bits per heavy atom. The molecule has 0 heterocycles. The van der Waals surface area contributed by atoms with Crippen LogP contribution in [0.2, 0.25) is 0 Å². The van der Waals surface area contributed by atoms with Crippen LogP contribution < -0.4 is 5.32 Å². The molecule has 0 fully saturated rings. The Balaban J connectivity index is 2.46. The maximum Gasteiger partial charge on any atom is 0.255 e. The highest BCUT2D eigenvalue weighted by molar-refractivity contribution is 9.10. The molecule has 0 saturated carbocycles. The topological polar surface area (TPSA) is 29.1 Å². The van der Waals surface area contributed by atoms with Gasteiger partial charge in [0.25, 0.3) is 5.91 Å². The normalized spacial score (nSPS) is 12.2. The van der Waals surface area contributed by atoms with Gasteiger partial charge in [0.2, 0.25) is 0 Å². The fraction of sp³-hybridized carbons (Fsp3) is 0.462. The summed E-state index contributed by atoms with van der Waals surface area (Å²) in [4.78, 5) is 11.8. The van der Waals surface area contributed by atoms with Crippen LogP contribution in [0.15, 0.2) is 22.7 Å². The lowest BCUT2D eigenvalue weighted by atomic mass is 10.1. The number of alkyl halides is 1. The second-order valence-corrected chi connectivity index (χ2v) is 5.42. The van der Waals surface area contributed by atoms with Crippen molar-refractivity contribution in [3.63, 3.8) is 0 Å². The second kappa shape index (κ2) is 7.74. The summed E-state index contributed by atoms with van der Waals surface area (Å²) in [5, 5.41) is 2.71. The third-order valence-corrected chi connectivity index (χ3v) is 3.80. The summed E-state index contributed by atoms with van der Waals surface area (Å²) in [7, 11) is 0. The quantitative estimate of drug-likeness (QED) is 0.618. The number of carbonyl (C=O) groups is 1. The van der Waals surface area contributed by atoms with Crippen molar-refractivity contribution in [3.8, 4) is 0 Å². The Morgan fingerprint density at radius 2 is 2.28 bits per heavy atom. The summed E-state index contributed by atoms with van der Waals surface area (Å²) in [6.07, 6.45) is 1.79. The van der Waals surface area contributed by atoms with Crippen LogP contribution >= 0.6 is 27.5 Å². The number of halogens is 3. The van der Waals surface area contributed by atoms with Crippen LogP contribution in [0.4, 0.5) is 4.39 Å². The fourth-order valence-electron chi connectivity index (χ4n) is 1.53. The summed E-state index contributed by atoms with van der Waals surface area (Å²) in [5.41, 5.74) is 0.0582. The van der Waals surface area contributed by atoms with Gasteiger partial charge in [0, 0.05) is 16.9 Å². The fourth-order valence-corrected chi connectivity index (χ4v) is 2.21. The average molecular weight is 337 g/mol. The van der Waals surface area contributed by atoms with Gasteiger partial charge in [-0.3, -0.25) is 4.79 Å². The predicted molar refractivity (Wildman–Crippen MR) is 75.6 cm³/mol. The molecule has 1 atom stereocenters. The van der Waals surface area contributed by atoms with Crippen LogP contribution in [0.1, 0.15) is 30.1 Å². The summed E-state index contributed by atoms with van der Waals surface area (Å²) < 4.78 is 14.0. The van der Waals surface area contributed by atoms with Crippen LogP contribution in [0.25, 0.3) is 0 Å². The average Bonchev–Trinajstić information content (AvgIpc) is 2.34. The largest absolute Gasteiger partial charge is 0.352 e. The lowest BCUT2D eigenvalue weighted by Crippen LogP contribution is -2.26. The number of carbonyl (C=O) groups excluding carboxylic acids is 1. The van der Waals surface area contributed by atoms with Gasteiger partial charge in [-0.2, -0.15) is 0 Å². The molecule has 1 aromatic carbocycles. The third kappa shape index (κ3) is 4.58. The molecule has 1 aromatic rings. The number of hydrogen-bond donors (Lipinski definition) is 1. The minimum absolute atomic E-state index is 0.0582. The molecule has 0 bridgehead atoms. The lowest BCUT2D eigenvalue weighted by Gasteiger charge is -2.09. The molecule has 0 spiro atoms. The van der Waals surface area contributed by atoms with Crippen molar-refractivity contribution in [1.29, 1.82) is 0 Å². The van der Waals surface area contributed by atoms with Crippen LogP contribution in [0.5, 0.6) is 0 Å². The zero-order valence-corrected chi connectivity index (χ0v) is 12.5. The van der Waals surface area contributed by atoms with Gasteiger partial charge in [-0.25, -0.2) is 4.39 Å². The van der Waals surface area contributed by atoms with Gasteiger partial charge in [-0.05, 0) is 46.8 Å². The van der Waals surface area contributed by atoms with Gasteiger partial charge in [0.15, 0.2) is 0 Å². The van der Waals surface area contributed by atoms with E-state index in [4.69, 9.17) is 11.6 Å². The van der Waals surface area contributed by atoms with E-state index in [0.717, 1.165) is 12.8 Å². The lowest BCUT2D eigenvalue weighted by molar-refractivity contribution is 0.0947. The van der Waals surface area contributed by atoms with Crippen molar-refractivity contribution >= 4 is 33.4 Å². The number of amides is 1. The van der Waals surface area contributed by atoms with Crippen molar-refractivity contribution in [2.24, 2.45) is 5.92 Å². The van der Waals surface area contributed by atoms with E-state index in [2.05, 4.69) is 28.2 Å². The van der Waals surface area contributed by atoms with Crippen LogP contribution in [-0.4, -0.2) is 18.3 Å². The molecule has 5 heteroatoms. The molecule has 1 rings (SSSR count). The summed E-state index contributed by atoms with van der Waals surface area (Å²) in [5.74, 6) is 0.144. The van der Waals surface area contributed by atoms with Gasteiger partial charge < -0.3 is 5.32 Å². The molecule has 1 N–H and O–H groups in total. The summed E-state index contributed by atoms with van der Waals surface area (Å²) in [6, 6.07) is 4.47. The maximum atomic E-state index is 13.5. The Morgan fingerprint density at radius 1 is 1.56 bits per heavy atom. The Bertz CT molecular complexity index is 394. The first-order valence-corrected chi connectivity index (χ1v) is 7.17. The molecule has 0 saturated heterocycles. The molecule has 0 aromatic heterocycles. The number of rotatable bonds is 6. The summed E-state index contributed by atoms with van der Waals surface area (Å²) in [6.45, 7) is 2.59. The van der Waals surface area contributed by atoms with E-state index in [1.165, 1.54) is 6.07 Å². The van der Waals surface area contributed by atoms with Crippen molar-refractivity contribution in [2.45, 2.75) is 19.8 Å². The SMILES string of the molecule is CC(CCl)CCCNC(=O)c1c(F)cccc1Br. The smallest absolute Gasteiger partial charge is 0.255 e. The molecule has 0 radical (unpaired) electrons. The Hall–Kier alpha value is -0.610. The zero-order valence-electron chi connectivity index (χ0n) is 10.2. The molecule has 0 aliphatic heterocycles. The zero-order chi connectivity index (χ0) is 13.5. The molecule has 100 valence electrons. The highest BCUT2D eigenvalue weighted by Gasteiger charge is 2.14. The van der Waals surface area contributed by atoms with Gasteiger partial charge >= 0.3 is 0 Å². The van der Waals surface area contributed by atoms with Crippen LogP contribution in [-0.2, 0) is 0 Å². The van der Waals surface area contributed by atoms with Crippen LogP contribution in [0, 0.1) is 11.7 Å². The number of nitrogens with one attached hydrogen (secondary N) is 1. The van der Waals surface area contributed by atoms with E-state index in [-0.39, 0.29) is 5.56 Å². The Kier molecular flexibility index (Phi) is 6.65. The highest BCUT2D eigenvalue weighted by atomic mass is 79.9. The van der Waals surface area contributed by atoms with E-state index in [9.17, 15) is 9.18 Å². The van der Waals surface area contributed by atoms with Crippen molar-refractivity contribution in [1.82, 2.24) is 5.32 Å².